The summed E-state index contributed by atoms with van der Waals surface area (Å²) in [7, 11) is 0. The molecule has 134 valence electrons. The summed E-state index contributed by atoms with van der Waals surface area (Å²) in [4.78, 5) is 16.8. The number of nitrogens with zero attached hydrogens (tertiary/aromatic N) is 2. The van der Waals surface area contributed by atoms with Crippen molar-refractivity contribution in [3.63, 3.8) is 0 Å². The number of carbonyl (C=O) groups is 1. The maximum Gasteiger partial charge on any atom is 0.319 e. The number of nitrogens with one attached hydrogen (secondary N) is 2. The molecule has 1 aliphatic heterocycles. The zero-order valence-corrected chi connectivity index (χ0v) is 15.5. The van der Waals surface area contributed by atoms with Gasteiger partial charge in [-0.3, -0.25) is 0 Å². The van der Waals surface area contributed by atoms with Gasteiger partial charge in [-0.15, -0.1) is 0 Å². The molecular formula is C18H29ClN4O. The number of halogens is 1. The molecule has 1 aromatic carbocycles. The summed E-state index contributed by atoms with van der Waals surface area (Å²) in [5, 5.41) is 6.52. The van der Waals surface area contributed by atoms with Gasteiger partial charge < -0.3 is 20.4 Å². The number of benzene rings is 1. The minimum atomic E-state index is -0.178. The number of carbonyl (C=O) groups excluding carboxylic acids is 1. The number of urea groups is 1. The number of rotatable bonds is 7. The Bertz CT molecular complexity index is 528. The summed E-state index contributed by atoms with van der Waals surface area (Å²) >= 11 is 6.13. The van der Waals surface area contributed by atoms with E-state index in [9.17, 15) is 4.79 Å². The summed E-state index contributed by atoms with van der Waals surface area (Å²) in [5.74, 6) is 0. The molecule has 0 aromatic heterocycles. The zero-order valence-electron chi connectivity index (χ0n) is 14.8. The third-order valence-corrected chi connectivity index (χ3v) is 4.75. The lowest BCUT2D eigenvalue weighted by atomic mass is 10.1. The minimum absolute atomic E-state index is 0.178. The van der Waals surface area contributed by atoms with E-state index in [-0.39, 0.29) is 6.03 Å². The van der Waals surface area contributed by atoms with Gasteiger partial charge in [0.1, 0.15) is 0 Å². The molecule has 2 amide bonds. The smallest absolute Gasteiger partial charge is 0.319 e. The van der Waals surface area contributed by atoms with Crippen LogP contribution < -0.4 is 15.5 Å². The van der Waals surface area contributed by atoms with Gasteiger partial charge in [-0.2, -0.15) is 0 Å². The van der Waals surface area contributed by atoms with E-state index in [1.54, 1.807) is 0 Å². The minimum Gasteiger partial charge on any atom is -0.370 e. The Morgan fingerprint density at radius 2 is 1.92 bits per heavy atom. The fourth-order valence-corrected chi connectivity index (χ4v) is 3.22. The lowest BCUT2D eigenvalue weighted by Crippen LogP contribution is -2.37. The van der Waals surface area contributed by atoms with Gasteiger partial charge in [-0.1, -0.05) is 25.4 Å². The Balaban J connectivity index is 1.95. The fraction of sp³-hybridized carbons (Fsp3) is 0.611. The molecule has 1 heterocycles. The third-order valence-electron chi connectivity index (χ3n) is 4.51. The first kappa shape index (κ1) is 18.9. The second kappa shape index (κ2) is 9.74. The molecule has 0 saturated carbocycles. The van der Waals surface area contributed by atoms with Crippen molar-refractivity contribution in [1.82, 2.24) is 10.2 Å². The molecule has 1 saturated heterocycles. The van der Waals surface area contributed by atoms with E-state index in [1.165, 1.54) is 19.3 Å². The quantitative estimate of drug-likeness (QED) is 0.784. The van der Waals surface area contributed by atoms with Crippen LogP contribution in [0.2, 0.25) is 5.02 Å². The van der Waals surface area contributed by atoms with Crippen LogP contribution in [0, 0.1) is 0 Å². The number of piperidine rings is 1. The monoisotopic (exact) mass is 352 g/mol. The van der Waals surface area contributed by atoms with Gasteiger partial charge in [0.15, 0.2) is 0 Å². The van der Waals surface area contributed by atoms with Gasteiger partial charge in [0, 0.05) is 31.2 Å². The van der Waals surface area contributed by atoms with Gasteiger partial charge in [-0.05, 0) is 50.6 Å². The average Bonchev–Trinajstić information content (AvgIpc) is 2.59. The number of hydrogen-bond acceptors (Lipinski definition) is 3. The molecule has 0 atom stereocenters. The molecule has 0 spiro atoms. The molecule has 6 heteroatoms. The topological polar surface area (TPSA) is 47.6 Å². The molecule has 0 aliphatic carbocycles. The van der Waals surface area contributed by atoms with Crippen LogP contribution in [0.25, 0.3) is 0 Å². The molecule has 0 bridgehead atoms. The van der Waals surface area contributed by atoms with E-state index >= 15 is 0 Å². The Labute approximate surface area is 150 Å². The lowest BCUT2D eigenvalue weighted by Gasteiger charge is -2.30. The number of amides is 2. The standard InChI is InChI=1S/C18H29ClN4O/c1-3-22(4-2)13-10-20-18(24)21-16-14-15(19)8-9-17(16)23-11-6-5-7-12-23/h8-9,14H,3-7,10-13H2,1-2H3,(H2,20,21,24). The van der Waals surface area contributed by atoms with Crippen LogP contribution in [0.15, 0.2) is 18.2 Å². The van der Waals surface area contributed by atoms with Crippen LogP contribution in [0.3, 0.4) is 0 Å². The van der Waals surface area contributed by atoms with Gasteiger partial charge in [-0.25, -0.2) is 4.79 Å². The molecule has 24 heavy (non-hydrogen) atoms. The first-order valence-corrected chi connectivity index (χ1v) is 9.33. The highest BCUT2D eigenvalue weighted by Crippen LogP contribution is 2.31. The zero-order chi connectivity index (χ0) is 17.4. The number of hydrogen-bond donors (Lipinski definition) is 2. The maximum atomic E-state index is 12.2. The predicted molar refractivity (Wildman–Crippen MR) is 102 cm³/mol. The molecule has 0 unspecified atom stereocenters. The van der Waals surface area contributed by atoms with E-state index in [4.69, 9.17) is 11.6 Å². The highest BCUT2D eigenvalue weighted by atomic mass is 35.5. The number of likely N-dealkylation sites (N-methyl/N-ethyl adjacent to an activating group) is 1. The first-order chi connectivity index (χ1) is 11.6. The summed E-state index contributed by atoms with van der Waals surface area (Å²) < 4.78 is 0. The highest BCUT2D eigenvalue weighted by molar-refractivity contribution is 6.31. The predicted octanol–water partition coefficient (Wildman–Crippen LogP) is 3.79. The molecule has 0 radical (unpaired) electrons. The molecule has 1 aliphatic rings. The molecular weight excluding hydrogens is 324 g/mol. The molecule has 2 rings (SSSR count). The summed E-state index contributed by atoms with van der Waals surface area (Å²) in [5.41, 5.74) is 1.84. The molecule has 1 fully saturated rings. The number of anilines is 2. The fourth-order valence-electron chi connectivity index (χ4n) is 3.05. The second-order valence-electron chi connectivity index (χ2n) is 6.12. The third kappa shape index (κ3) is 5.56. The van der Waals surface area contributed by atoms with Crippen molar-refractivity contribution in [3.05, 3.63) is 23.2 Å². The van der Waals surface area contributed by atoms with Crippen molar-refractivity contribution in [1.29, 1.82) is 0 Å². The maximum absolute atomic E-state index is 12.2. The van der Waals surface area contributed by atoms with E-state index in [1.807, 2.05) is 18.2 Å². The highest BCUT2D eigenvalue weighted by Gasteiger charge is 2.16. The van der Waals surface area contributed by atoms with Gasteiger partial charge >= 0.3 is 6.03 Å². The van der Waals surface area contributed by atoms with Crippen molar-refractivity contribution in [2.24, 2.45) is 0 Å². The van der Waals surface area contributed by atoms with Crippen LogP contribution in [-0.2, 0) is 0 Å². The largest absolute Gasteiger partial charge is 0.370 e. The van der Waals surface area contributed by atoms with E-state index in [0.717, 1.165) is 44.1 Å². The molecule has 2 N–H and O–H groups in total. The molecule has 5 nitrogen and oxygen atoms in total. The van der Waals surface area contributed by atoms with Gasteiger partial charge in [0.25, 0.3) is 0 Å². The molecule has 1 aromatic rings. The second-order valence-corrected chi connectivity index (χ2v) is 6.55. The van der Waals surface area contributed by atoms with Gasteiger partial charge in [0.2, 0.25) is 0 Å². The lowest BCUT2D eigenvalue weighted by molar-refractivity contribution is 0.248. The van der Waals surface area contributed by atoms with Crippen molar-refractivity contribution in [2.75, 3.05) is 49.5 Å². The van der Waals surface area contributed by atoms with E-state index in [2.05, 4.69) is 34.3 Å². The van der Waals surface area contributed by atoms with Crippen LogP contribution in [0.1, 0.15) is 33.1 Å². The van der Waals surface area contributed by atoms with Gasteiger partial charge in [0.05, 0.1) is 11.4 Å². The van der Waals surface area contributed by atoms with Crippen molar-refractivity contribution < 1.29 is 4.79 Å². The first-order valence-electron chi connectivity index (χ1n) is 8.95. The summed E-state index contributed by atoms with van der Waals surface area (Å²) in [6.07, 6.45) is 3.66. The van der Waals surface area contributed by atoms with Crippen molar-refractivity contribution in [3.8, 4) is 0 Å². The normalized spacial score (nSPS) is 14.8. The van der Waals surface area contributed by atoms with Crippen LogP contribution in [-0.4, -0.2) is 50.2 Å². The van der Waals surface area contributed by atoms with Crippen molar-refractivity contribution >= 4 is 29.0 Å². The summed E-state index contributed by atoms with van der Waals surface area (Å²) in [6, 6.07) is 5.53. The Morgan fingerprint density at radius 3 is 2.58 bits per heavy atom. The van der Waals surface area contributed by atoms with Crippen LogP contribution >= 0.6 is 11.6 Å². The summed E-state index contributed by atoms with van der Waals surface area (Å²) in [6.45, 7) is 9.78. The average molecular weight is 353 g/mol. The Kier molecular flexibility index (Phi) is 7.66. The van der Waals surface area contributed by atoms with E-state index in [0.29, 0.717) is 11.6 Å². The Hall–Kier alpha value is -1.46. The SMILES string of the molecule is CCN(CC)CCNC(=O)Nc1cc(Cl)ccc1N1CCCCC1. The Morgan fingerprint density at radius 1 is 1.21 bits per heavy atom. The van der Waals surface area contributed by atoms with Crippen LogP contribution in [0.4, 0.5) is 16.2 Å². The van der Waals surface area contributed by atoms with Crippen LogP contribution in [0.5, 0.6) is 0 Å². The van der Waals surface area contributed by atoms with E-state index < -0.39 is 0 Å². The van der Waals surface area contributed by atoms with Crippen molar-refractivity contribution in [2.45, 2.75) is 33.1 Å².